The van der Waals surface area contributed by atoms with E-state index in [1.165, 1.54) is 30.3 Å². The van der Waals surface area contributed by atoms with Crippen molar-refractivity contribution in [2.24, 2.45) is 0 Å². The van der Waals surface area contributed by atoms with Crippen LogP contribution < -0.4 is 15.0 Å². The van der Waals surface area contributed by atoms with Crippen LogP contribution in [0.15, 0.2) is 78.4 Å². The molecule has 0 aliphatic carbocycles. The molecule has 4 rings (SSSR count). The highest BCUT2D eigenvalue weighted by Gasteiger charge is 2.37. The molecule has 0 bridgehead atoms. The number of amides is 4. The fourth-order valence-corrected chi connectivity index (χ4v) is 3.49. The van der Waals surface area contributed by atoms with Crippen LogP contribution in [0.5, 0.6) is 5.75 Å². The molecule has 9 heteroatoms. The summed E-state index contributed by atoms with van der Waals surface area (Å²) in [6.45, 7) is 0.167. The Morgan fingerprint density at radius 3 is 2.35 bits per heavy atom. The van der Waals surface area contributed by atoms with Gasteiger partial charge in [0.05, 0.1) is 11.3 Å². The number of rotatable bonds is 6. The third kappa shape index (κ3) is 4.67. The minimum absolute atomic E-state index is 0.00921. The van der Waals surface area contributed by atoms with Crippen LogP contribution >= 0.6 is 11.6 Å². The van der Waals surface area contributed by atoms with Crippen LogP contribution in [0.4, 0.5) is 10.5 Å². The minimum atomic E-state index is -1.15. The monoisotopic (exact) mass is 476 g/mol. The maximum absolute atomic E-state index is 13.1. The molecule has 0 aromatic heterocycles. The fraction of sp³-hybridized carbons (Fsp3) is 0.0400. The molecule has 0 unspecified atom stereocenters. The van der Waals surface area contributed by atoms with E-state index in [9.17, 15) is 19.2 Å². The average molecular weight is 477 g/mol. The average Bonchev–Trinajstić information content (AvgIpc) is 2.82. The Balaban J connectivity index is 1.63. The van der Waals surface area contributed by atoms with E-state index in [2.05, 4.69) is 5.32 Å². The smallest absolute Gasteiger partial charge is 0.335 e. The van der Waals surface area contributed by atoms with Crippen molar-refractivity contribution < 1.29 is 29.0 Å². The van der Waals surface area contributed by atoms with Gasteiger partial charge < -0.3 is 9.84 Å². The minimum Gasteiger partial charge on any atom is -0.488 e. The zero-order valence-corrected chi connectivity index (χ0v) is 18.3. The van der Waals surface area contributed by atoms with Gasteiger partial charge in [0.15, 0.2) is 0 Å². The predicted octanol–water partition coefficient (Wildman–Crippen LogP) is 4.28. The summed E-state index contributed by atoms with van der Waals surface area (Å²) in [5.74, 6) is -2.44. The molecule has 1 fully saturated rings. The van der Waals surface area contributed by atoms with E-state index in [0.717, 1.165) is 10.5 Å². The van der Waals surface area contributed by atoms with E-state index in [1.54, 1.807) is 36.4 Å². The molecule has 1 heterocycles. The first-order chi connectivity index (χ1) is 16.3. The van der Waals surface area contributed by atoms with E-state index >= 15 is 0 Å². The Labute approximate surface area is 199 Å². The molecular weight excluding hydrogens is 460 g/mol. The Morgan fingerprint density at radius 1 is 0.971 bits per heavy atom. The molecule has 3 aromatic rings. The summed E-state index contributed by atoms with van der Waals surface area (Å²) < 4.78 is 5.88. The number of ether oxygens (including phenoxy) is 1. The number of barbiturate groups is 1. The Bertz CT molecular complexity index is 1330. The summed E-state index contributed by atoms with van der Waals surface area (Å²) in [5, 5.41) is 11.7. The topological polar surface area (TPSA) is 113 Å². The van der Waals surface area contributed by atoms with Crippen molar-refractivity contribution in [2.45, 2.75) is 6.61 Å². The van der Waals surface area contributed by atoms with Gasteiger partial charge in [0, 0.05) is 16.1 Å². The zero-order chi connectivity index (χ0) is 24.2. The van der Waals surface area contributed by atoms with Gasteiger partial charge >= 0.3 is 12.0 Å². The molecular formula is C25H17ClN2O6. The number of urea groups is 1. The lowest BCUT2D eigenvalue weighted by Gasteiger charge is -2.26. The summed E-state index contributed by atoms with van der Waals surface area (Å²) >= 11 is 6.18. The predicted molar refractivity (Wildman–Crippen MR) is 125 cm³/mol. The van der Waals surface area contributed by atoms with Crippen molar-refractivity contribution >= 4 is 47.2 Å². The number of imide groups is 2. The van der Waals surface area contributed by atoms with Crippen LogP contribution in [0, 0.1) is 0 Å². The molecule has 0 radical (unpaired) electrons. The number of aromatic carboxylic acids is 1. The van der Waals surface area contributed by atoms with Gasteiger partial charge in [-0.25, -0.2) is 14.5 Å². The molecule has 1 aliphatic heterocycles. The van der Waals surface area contributed by atoms with Crippen molar-refractivity contribution in [1.82, 2.24) is 5.32 Å². The number of hydrogen-bond donors (Lipinski definition) is 2. The summed E-state index contributed by atoms with van der Waals surface area (Å²) in [4.78, 5) is 49.8. The molecule has 3 aromatic carbocycles. The molecule has 0 atom stereocenters. The third-order valence-corrected chi connectivity index (χ3v) is 5.40. The first kappa shape index (κ1) is 22.8. The van der Waals surface area contributed by atoms with Gasteiger partial charge in [-0.3, -0.25) is 14.9 Å². The van der Waals surface area contributed by atoms with Crippen LogP contribution in [0.1, 0.15) is 21.5 Å². The van der Waals surface area contributed by atoms with Gasteiger partial charge in [-0.1, -0.05) is 48.0 Å². The number of halogens is 1. The fourth-order valence-electron chi connectivity index (χ4n) is 3.30. The maximum atomic E-state index is 13.1. The SMILES string of the molecule is O=C1NC(=O)N(c2ccc(C(=O)O)cc2)C(=O)/C1=C/c1ccccc1OCc1ccccc1Cl. The number of carbonyl (C=O) groups excluding carboxylic acids is 3. The molecule has 0 saturated carbocycles. The van der Waals surface area contributed by atoms with Crippen LogP contribution in [0.2, 0.25) is 5.02 Å². The van der Waals surface area contributed by atoms with Gasteiger partial charge in [-0.05, 0) is 42.5 Å². The number of hydrogen-bond acceptors (Lipinski definition) is 5. The number of carbonyl (C=O) groups is 4. The summed E-state index contributed by atoms with van der Waals surface area (Å²) in [5.41, 5.74) is 1.04. The van der Waals surface area contributed by atoms with Crippen molar-refractivity contribution in [2.75, 3.05) is 4.90 Å². The lowest BCUT2D eigenvalue weighted by Crippen LogP contribution is -2.54. The van der Waals surface area contributed by atoms with Gasteiger partial charge in [0.2, 0.25) is 0 Å². The lowest BCUT2D eigenvalue weighted by atomic mass is 10.1. The number of benzene rings is 3. The van der Waals surface area contributed by atoms with Crippen LogP contribution in [-0.2, 0) is 16.2 Å². The first-order valence-electron chi connectivity index (χ1n) is 10.0. The van der Waals surface area contributed by atoms with E-state index in [-0.39, 0.29) is 23.4 Å². The molecule has 1 saturated heterocycles. The van der Waals surface area contributed by atoms with E-state index in [0.29, 0.717) is 16.3 Å². The van der Waals surface area contributed by atoms with E-state index in [1.807, 2.05) is 12.1 Å². The van der Waals surface area contributed by atoms with Crippen LogP contribution in [-0.4, -0.2) is 28.9 Å². The molecule has 1 aliphatic rings. The second kappa shape index (κ2) is 9.60. The summed E-state index contributed by atoms with van der Waals surface area (Å²) in [6, 6.07) is 18.2. The zero-order valence-electron chi connectivity index (χ0n) is 17.5. The quantitative estimate of drug-likeness (QED) is 0.405. The molecule has 170 valence electrons. The van der Waals surface area contributed by atoms with Gasteiger partial charge in [0.1, 0.15) is 17.9 Å². The second-order valence-corrected chi connectivity index (χ2v) is 7.63. The third-order valence-electron chi connectivity index (χ3n) is 5.03. The molecule has 4 amide bonds. The second-order valence-electron chi connectivity index (χ2n) is 7.23. The number of anilines is 1. The van der Waals surface area contributed by atoms with E-state index < -0.39 is 23.8 Å². The highest BCUT2D eigenvalue weighted by Crippen LogP contribution is 2.27. The van der Waals surface area contributed by atoms with Gasteiger partial charge in [-0.2, -0.15) is 0 Å². The lowest BCUT2D eigenvalue weighted by molar-refractivity contribution is -0.122. The molecule has 0 spiro atoms. The summed E-state index contributed by atoms with van der Waals surface area (Å²) in [6.07, 6.45) is 1.34. The van der Waals surface area contributed by atoms with Crippen LogP contribution in [0.3, 0.4) is 0 Å². The van der Waals surface area contributed by atoms with Gasteiger partial charge in [0.25, 0.3) is 11.8 Å². The normalized spacial score (nSPS) is 14.8. The number of carboxylic acids is 1. The maximum Gasteiger partial charge on any atom is 0.335 e. The van der Waals surface area contributed by atoms with Crippen molar-refractivity contribution in [3.63, 3.8) is 0 Å². The Kier molecular flexibility index (Phi) is 6.42. The molecule has 2 N–H and O–H groups in total. The number of nitrogens with zero attached hydrogens (tertiary/aromatic N) is 1. The Hall–Kier alpha value is -4.43. The standard InChI is InChI=1S/C25H17ClN2O6/c26-20-7-3-1-6-17(20)14-34-21-8-4-2-5-16(21)13-19-22(29)27-25(33)28(23(19)30)18-11-9-15(10-12-18)24(31)32/h1-13H,14H2,(H,31,32)(H,27,29,33)/b19-13+. The van der Waals surface area contributed by atoms with Crippen molar-refractivity contribution in [1.29, 1.82) is 0 Å². The van der Waals surface area contributed by atoms with Crippen molar-refractivity contribution in [3.8, 4) is 5.75 Å². The van der Waals surface area contributed by atoms with E-state index in [4.69, 9.17) is 21.4 Å². The molecule has 34 heavy (non-hydrogen) atoms. The first-order valence-corrected chi connectivity index (χ1v) is 10.4. The molecule has 8 nitrogen and oxygen atoms in total. The Morgan fingerprint density at radius 2 is 1.65 bits per heavy atom. The highest BCUT2D eigenvalue weighted by molar-refractivity contribution is 6.39. The van der Waals surface area contributed by atoms with Gasteiger partial charge in [-0.15, -0.1) is 0 Å². The highest BCUT2D eigenvalue weighted by atomic mass is 35.5. The number of nitrogens with one attached hydrogen (secondary N) is 1. The summed E-state index contributed by atoms with van der Waals surface area (Å²) in [7, 11) is 0. The largest absolute Gasteiger partial charge is 0.488 e. The van der Waals surface area contributed by atoms with Crippen molar-refractivity contribution in [3.05, 3.63) is 100 Å². The number of para-hydroxylation sites is 1. The van der Waals surface area contributed by atoms with Crippen LogP contribution in [0.25, 0.3) is 6.08 Å². The number of carboxylic acid groups (broad SMARTS) is 1.